The SMILES string of the molecule is CCOC(=O)CC1(O)CCCCC1.O=C(O)CC1(O)CCCCC1.O=C1CCCCC1. The lowest BCUT2D eigenvalue weighted by atomic mass is 9.82. The molecular weight excluding hydrogens is 400 g/mol. The molecule has 3 rings (SSSR count). The molecule has 0 heterocycles. The standard InChI is InChI=1S/C10H18O3.C8H14O3.C6H10O/c1-2-13-9(11)8-10(12)6-4-3-5-7-10;9-7(10)6-8(11)4-2-1-3-5-8;7-6-4-2-1-3-5-6/h12H,2-8H2,1H3;11H,1-6H2,(H,9,10);1-5H2. The molecule has 0 aromatic carbocycles. The number of hydrogen-bond donors (Lipinski definition) is 3. The molecule has 0 saturated heterocycles. The topological polar surface area (TPSA) is 121 Å². The van der Waals surface area contributed by atoms with E-state index in [1.807, 2.05) is 0 Å². The molecule has 0 bridgehead atoms. The summed E-state index contributed by atoms with van der Waals surface area (Å²) >= 11 is 0. The van der Waals surface area contributed by atoms with Crippen LogP contribution in [0.1, 0.15) is 116 Å². The van der Waals surface area contributed by atoms with Crippen LogP contribution in [0.2, 0.25) is 0 Å². The molecule has 0 unspecified atom stereocenters. The van der Waals surface area contributed by atoms with Crippen molar-refractivity contribution in [2.75, 3.05) is 6.61 Å². The zero-order chi connectivity index (χ0) is 23.2. The van der Waals surface area contributed by atoms with Gasteiger partial charge in [-0.3, -0.25) is 14.4 Å². The first kappa shape index (κ1) is 27.6. The average Bonchev–Trinajstić information content (AvgIpc) is 2.69. The van der Waals surface area contributed by atoms with Gasteiger partial charge in [0.15, 0.2) is 0 Å². The van der Waals surface area contributed by atoms with Gasteiger partial charge in [0.1, 0.15) is 5.78 Å². The molecule has 0 aliphatic heterocycles. The summed E-state index contributed by atoms with van der Waals surface area (Å²) in [5.74, 6) is -0.701. The van der Waals surface area contributed by atoms with Crippen molar-refractivity contribution >= 4 is 17.7 Å². The summed E-state index contributed by atoms with van der Waals surface area (Å²) in [6.45, 7) is 2.18. The number of hydrogen-bond acceptors (Lipinski definition) is 6. The van der Waals surface area contributed by atoms with E-state index < -0.39 is 17.2 Å². The summed E-state index contributed by atoms with van der Waals surface area (Å²) in [6.07, 6.45) is 14.4. The minimum Gasteiger partial charge on any atom is -0.481 e. The maximum Gasteiger partial charge on any atom is 0.308 e. The van der Waals surface area contributed by atoms with Crippen molar-refractivity contribution in [2.45, 2.75) is 127 Å². The summed E-state index contributed by atoms with van der Waals surface area (Å²) in [5, 5.41) is 28.1. The number of carboxylic acid groups (broad SMARTS) is 1. The van der Waals surface area contributed by atoms with Gasteiger partial charge in [-0.1, -0.05) is 44.9 Å². The molecule has 7 heteroatoms. The van der Waals surface area contributed by atoms with Gasteiger partial charge in [0.25, 0.3) is 0 Å². The zero-order valence-corrected chi connectivity index (χ0v) is 19.2. The zero-order valence-electron chi connectivity index (χ0n) is 19.2. The molecular formula is C24H42O7. The Morgan fingerprint density at radius 2 is 1.19 bits per heavy atom. The number of esters is 1. The third-order valence-corrected chi connectivity index (χ3v) is 6.24. The summed E-state index contributed by atoms with van der Waals surface area (Å²) in [4.78, 5) is 31.9. The molecule has 31 heavy (non-hydrogen) atoms. The van der Waals surface area contributed by atoms with E-state index in [-0.39, 0.29) is 18.8 Å². The molecule has 7 nitrogen and oxygen atoms in total. The van der Waals surface area contributed by atoms with Gasteiger partial charge in [0.2, 0.25) is 0 Å². The number of aliphatic carboxylic acids is 1. The van der Waals surface area contributed by atoms with Gasteiger partial charge in [0.05, 0.1) is 30.7 Å². The fourth-order valence-electron chi connectivity index (χ4n) is 4.48. The third kappa shape index (κ3) is 12.9. The fraction of sp³-hybridized carbons (Fsp3) is 0.875. The molecule has 3 fully saturated rings. The summed E-state index contributed by atoms with van der Waals surface area (Å²) < 4.78 is 4.81. The van der Waals surface area contributed by atoms with Crippen LogP contribution in [-0.4, -0.2) is 50.9 Å². The van der Waals surface area contributed by atoms with E-state index in [2.05, 4.69) is 0 Å². The van der Waals surface area contributed by atoms with Crippen LogP contribution in [0, 0.1) is 0 Å². The van der Waals surface area contributed by atoms with Gasteiger partial charge in [0, 0.05) is 12.8 Å². The number of ether oxygens (including phenoxy) is 1. The maximum absolute atomic E-state index is 11.1. The molecule has 3 aliphatic rings. The smallest absolute Gasteiger partial charge is 0.308 e. The molecule has 0 atom stereocenters. The van der Waals surface area contributed by atoms with Crippen LogP contribution in [0.4, 0.5) is 0 Å². The van der Waals surface area contributed by atoms with Crippen LogP contribution in [0.3, 0.4) is 0 Å². The van der Waals surface area contributed by atoms with Crippen molar-refractivity contribution in [3.8, 4) is 0 Å². The predicted molar refractivity (Wildman–Crippen MR) is 118 cm³/mol. The Kier molecular flexibility index (Phi) is 13.0. The highest BCUT2D eigenvalue weighted by molar-refractivity contribution is 5.78. The Labute approximate surface area is 186 Å². The Morgan fingerprint density at radius 1 is 0.774 bits per heavy atom. The molecule has 0 aromatic rings. The highest BCUT2D eigenvalue weighted by Gasteiger charge is 2.32. The summed E-state index contributed by atoms with van der Waals surface area (Å²) in [5.41, 5.74) is -1.67. The summed E-state index contributed by atoms with van der Waals surface area (Å²) in [7, 11) is 0. The highest BCUT2D eigenvalue weighted by Crippen LogP contribution is 2.31. The number of carboxylic acids is 1. The molecule has 0 aromatic heterocycles. The fourth-order valence-corrected chi connectivity index (χ4v) is 4.48. The first-order valence-electron chi connectivity index (χ1n) is 12.0. The molecule has 3 N–H and O–H groups in total. The van der Waals surface area contributed by atoms with Gasteiger partial charge < -0.3 is 20.1 Å². The van der Waals surface area contributed by atoms with Crippen molar-refractivity contribution in [3.63, 3.8) is 0 Å². The van der Waals surface area contributed by atoms with Crippen molar-refractivity contribution in [1.29, 1.82) is 0 Å². The van der Waals surface area contributed by atoms with Crippen LogP contribution in [-0.2, 0) is 19.1 Å². The third-order valence-electron chi connectivity index (χ3n) is 6.24. The first-order valence-corrected chi connectivity index (χ1v) is 12.0. The number of rotatable bonds is 5. The molecule has 0 amide bonds. The lowest BCUT2D eigenvalue weighted by Crippen LogP contribution is -2.34. The predicted octanol–water partition coefficient (Wildman–Crippen LogP) is 4.31. The average molecular weight is 443 g/mol. The van der Waals surface area contributed by atoms with Crippen LogP contribution in [0.15, 0.2) is 0 Å². The second kappa shape index (κ2) is 14.6. The van der Waals surface area contributed by atoms with Gasteiger partial charge in [-0.25, -0.2) is 0 Å². The number of Topliss-reactive ketones (excluding diaryl/α,β-unsaturated/α-hetero) is 1. The second-order valence-electron chi connectivity index (χ2n) is 9.22. The van der Waals surface area contributed by atoms with Crippen molar-refractivity contribution < 1.29 is 34.4 Å². The number of carbonyl (C=O) groups excluding carboxylic acids is 2. The van der Waals surface area contributed by atoms with Crippen molar-refractivity contribution in [2.24, 2.45) is 0 Å². The highest BCUT2D eigenvalue weighted by atomic mass is 16.5. The Bertz CT molecular complexity index is 538. The molecule has 180 valence electrons. The second-order valence-corrected chi connectivity index (χ2v) is 9.22. The van der Waals surface area contributed by atoms with E-state index in [0.29, 0.717) is 25.2 Å². The van der Waals surface area contributed by atoms with E-state index in [0.717, 1.165) is 70.6 Å². The Balaban J connectivity index is 0.000000242. The quantitative estimate of drug-likeness (QED) is 0.542. The largest absolute Gasteiger partial charge is 0.481 e. The minimum absolute atomic E-state index is 0.0903. The van der Waals surface area contributed by atoms with E-state index in [1.165, 1.54) is 12.8 Å². The van der Waals surface area contributed by atoms with Crippen LogP contribution in [0.25, 0.3) is 0 Å². The Morgan fingerprint density at radius 3 is 1.55 bits per heavy atom. The van der Waals surface area contributed by atoms with Gasteiger partial charge in [-0.2, -0.15) is 0 Å². The monoisotopic (exact) mass is 442 g/mol. The van der Waals surface area contributed by atoms with Gasteiger partial charge in [-0.15, -0.1) is 0 Å². The van der Waals surface area contributed by atoms with E-state index in [1.54, 1.807) is 6.92 Å². The van der Waals surface area contributed by atoms with Gasteiger partial charge >= 0.3 is 11.9 Å². The molecule has 0 spiro atoms. The van der Waals surface area contributed by atoms with Gasteiger partial charge in [-0.05, 0) is 45.4 Å². The number of aliphatic hydroxyl groups is 2. The van der Waals surface area contributed by atoms with Crippen LogP contribution < -0.4 is 0 Å². The number of ketones is 1. The normalized spacial score (nSPS) is 22.1. The number of carbonyl (C=O) groups is 3. The van der Waals surface area contributed by atoms with Crippen LogP contribution >= 0.6 is 0 Å². The maximum atomic E-state index is 11.1. The van der Waals surface area contributed by atoms with E-state index in [4.69, 9.17) is 9.84 Å². The minimum atomic E-state index is -0.899. The van der Waals surface area contributed by atoms with E-state index >= 15 is 0 Å². The lowest BCUT2D eigenvalue weighted by Gasteiger charge is -2.30. The first-order chi connectivity index (χ1) is 14.7. The van der Waals surface area contributed by atoms with Crippen molar-refractivity contribution in [1.82, 2.24) is 0 Å². The molecule has 0 radical (unpaired) electrons. The van der Waals surface area contributed by atoms with Crippen molar-refractivity contribution in [3.05, 3.63) is 0 Å². The lowest BCUT2D eigenvalue weighted by molar-refractivity contribution is -0.150. The molecule has 3 aliphatic carbocycles. The van der Waals surface area contributed by atoms with E-state index in [9.17, 15) is 24.6 Å². The molecule has 3 saturated carbocycles. The Hall–Kier alpha value is -1.47. The summed E-state index contributed by atoms with van der Waals surface area (Å²) in [6, 6.07) is 0. The van der Waals surface area contributed by atoms with Crippen LogP contribution in [0.5, 0.6) is 0 Å².